The minimum atomic E-state index is 0.481. The summed E-state index contributed by atoms with van der Waals surface area (Å²) in [7, 11) is 0. The Hall–Kier alpha value is -5.94. The minimum Gasteiger partial charge on any atom is -0.360 e. The molecule has 0 atom stereocenters. The lowest BCUT2D eigenvalue weighted by molar-refractivity contribution is 1.17. The molecule has 4 heterocycles. The van der Waals surface area contributed by atoms with Gasteiger partial charge >= 0.3 is 0 Å². The van der Waals surface area contributed by atoms with Crippen molar-refractivity contribution in [3.8, 4) is 22.8 Å². The van der Waals surface area contributed by atoms with Crippen LogP contribution in [0.5, 0.6) is 0 Å². The standard InChI is InChI=1S/C38H25N5/c39-31-14-6-5-13-29(31)38-28-12-4-3-11-27(28)30(23-40-38)26-21-36(34-19-17-24-9-1-7-15-32(24)41-34)43-37(22-26)35-20-18-25-10-2-8-16-33(25)42-35/h1-23,39-40H/b38-29-,39-31?. The van der Waals surface area contributed by atoms with E-state index in [4.69, 9.17) is 20.4 Å². The van der Waals surface area contributed by atoms with Gasteiger partial charge in [-0.15, -0.1) is 0 Å². The molecule has 0 saturated heterocycles. The lowest BCUT2D eigenvalue weighted by Gasteiger charge is -2.24. The zero-order valence-corrected chi connectivity index (χ0v) is 23.1. The summed E-state index contributed by atoms with van der Waals surface area (Å²) >= 11 is 0. The first-order valence-corrected chi connectivity index (χ1v) is 14.2. The van der Waals surface area contributed by atoms with E-state index in [1.54, 1.807) is 0 Å². The summed E-state index contributed by atoms with van der Waals surface area (Å²) in [5.41, 5.74) is 11.4. The molecule has 8 rings (SSSR count). The predicted octanol–water partition coefficient (Wildman–Crippen LogP) is 8.36. The number of fused-ring (bicyclic) bond motifs is 3. The second kappa shape index (κ2) is 10.2. The van der Waals surface area contributed by atoms with Crippen molar-refractivity contribution in [2.75, 3.05) is 0 Å². The van der Waals surface area contributed by atoms with E-state index in [1.165, 1.54) is 0 Å². The third-order valence-corrected chi connectivity index (χ3v) is 7.90. The van der Waals surface area contributed by atoms with Gasteiger partial charge in [0, 0.05) is 33.7 Å². The number of nitrogens with zero attached hydrogens (tertiary/aromatic N) is 3. The Morgan fingerprint density at radius 3 is 1.77 bits per heavy atom. The van der Waals surface area contributed by atoms with Gasteiger partial charge in [-0.3, -0.25) is 0 Å². The second-order valence-corrected chi connectivity index (χ2v) is 10.6. The fraction of sp³-hybridized carbons (Fsp3) is 0. The Bertz CT molecular complexity index is 2140. The quantitative estimate of drug-likeness (QED) is 0.232. The van der Waals surface area contributed by atoms with Crippen LogP contribution < -0.4 is 5.32 Å². The van der Waals surface area contributed by atoms with E-state index in [0.29, 0.717) is 5.71 Å². The molecule has 1 aliphatic heterocycles. The van der Waals surface area contributed by atoms with Gasteiger partial charge in [-0.1, -0.05) is 91.0 Å². The highest BCUT2D eigenvalue weighted by atomic mass is 14.9. The van der Waals surface area contributed by atoms with Crippen LogP contribution in [0.2, 0.25) is 0 Å². The normalized spacial score (nSPS) is 15.8. The monoisotopic (exact) mass is 551 g/mol. The molecule has 43 heavy (non-hydrogen) atoms. The molecule has 5 heteroatoms. The minimum absolute atomic E-state index is 0.481. The van der Waals surface area contributed by atoms with Crippen molar-refractivity contribution in [1.82, 2.24) is 20.3 Å². The van der Waals surface area contributed by atoms with Crippen LogP contribution in [0.1, 0.15) is 16.7 Å². The molecule has 3 aromatic carbocycles. The highest BCUT2D eigenvalue weighted by molar-refractivity contribution is 6.15. The summed E-state index contributed by atoms with van der Waals surface area (Å²) in [6, 6.07) is 37.1. The molecule has 0 bridgehead atoms. The van der Waals surface area contributed by atoms with Crippen molar-refractivity contribution < 1.29 is 0 Å². The van der Waals surface area contributed by atoms with Gasteiger partial charge in [0.15, 0.2) is 0 Å². The number of allylic oxidation sites excluding steroid dienone is 5. The number of hydrogen-bond donors (Lipinski definition) is 2. The molecular formula is C38H25N5. The van der Waals surface area contributed by atoms with E-state index in [2.05, 4.69) is 59.9 Å². The number of nitrogens with one attached hydrogen (secondary N) is 2. The molecule has 6 aromatic rings. The number of aromatic nitrogens is 3. The Morgan fingerprint density at radius 2 is 1.12 bits per heavy atom. The molecule has 5 nitrogen and oxygen atoms in total. The van der Waals surface area contributed by atoms with Crippen LogP contribution in [0.25, 0.3) is 55.9 Å². The highest BCUT2D eigenvalue weighted by Crippen LogP contribution is 2.37. The van der Waals surface area contributed by atoms with Gasteiger partial charge in [0.1, 0.15) is 0 Å². The van der Waals surface area contributed by atoms with Crippen LogP contribution in [0, 0.1) is 5.41 Å². The molecule has 2 N–H and O–H groups in total. The van der Waals surface area contributed by atoms with Crippen molar-refractivity contribution in [2.45, 2.75) is 0 Å². The van der Waals surface area contributed by atoms with Crippen molar-refractivity contribution in [2.24, 2.45) is 0 Å². The van der Waals surface area contributed by atoms with Gasteiger partial charge in [-0.2, -0.15) is 0 Å². The molecular weight excluding hydrogens is 526 g/mol. The number of rotatable bonds is 3. The largest absolute Gasteiger partial charge is 0.360 e. The predicted molar refractivity (Wildman–Crippen MR) is 175 cm³/mol. The Kier molecular flexibility index (Phi) is 5.86. The molecule has 0 fully saturated rings. The Balaban J connectivity index is 1.33. The Morgan fingerprint density at radius 1 is 0.535 bits per heavy atom. The first-order valence-electron chi connectivity index (χ1n) is 14.2. The SMILES string of the molecule is N=C1C=CC=C/C1=C1/NC=C(c2cc(-c3ccc4ccccc4n3)nc(-c3ccc4ccccc4n3)c2)c2ccccc21. The zero-order valence-electron chi connectivity index (χ0n) is 23.1. The maximum absolute atomic E-state index is 8.52. The zero-order chi connectivity index (χ0) is 28.8. The molecule has 0 radical (unpaired) electrons. The van der Waals surface area contributed by atoms with Crippen LogP contribution in [0.15, 0.2) is 145 Å². The van der Waals surface area contributed by atoms with Gasteiger partial charge < -0.3 is 10.7 Å². The third kappa shape index (κ3) is 4.44. The number of hydrogen-bond acceptors (Lipinski definition) is 5. The van der Waals surface area contributed by atoms with E-state index in [-0.39, 0.29) is 0 Å². The summed E-state index contributed by atoms with van der Waals surface area (Å²) in [6.45, 7) is 0. The topological polar surface area (TPSA) is 74.6 Å². The molecule has 2 aliphatic rings. The van der Waals surface area contributed by atoms with Crippen LogP contribution in [0.3, 0.4) is 0 Å². The maximum atomic E-state index is 8.52. The van der Waals surface area contributed by atoms with Crippen LogP contribution in [0.4, 0.5) is 0 Å². The molecule has 0 amide bonds. The summed E-state index contributed by atoms with van der Waals surface area (Å²) in [5, 5.41) is 14.2. The van der Waals surface area contributed by atoms with Gasteiger partial charge in [0.05, 0.1) is 45.2 Å². The highest BCUT2D eigenvalue weighted by Gasteiger charge is 2.22. The summed E-state index contributed by atoms with van der Waals surface area (Å²) in [5.74, 6) is 0. The molecule has 1 aliphatic carbocycles. The molecule has 0 unspecified atom stereocenters. The van der Waals surface area contributed by atoms with E-state index in [0.717, 1.165) is 78.1 Å². The van der Waals surface area contributed by atoms with Crippen LogP contribution in [-0.4, -0.2) is 20.7 Å². The van der Waals surface area contributed by atoms with Gasteiger partial charge in [0.25, 0.3) is 0 Å². The smallest absolute Gasteiger partial charge is 0.0900 e. The van der Waals surface area contributed by atoms with Crippen molar-refractivity contribution in [3.05, 3.63) is 162 Å². The summed E-state index contributed by atoms with van der Waals surface area (Å²) in [4.78, 5) is 15.1. The van der Waals surface area contributed by atoms with E-state index in [1.807, 2.05) is 85.1 Å². The lowest BCUT2D eigenvalue weighted by Crippen LogP contribution is -2.18. The average molecular weight is 552 g/mol. The third-order valence-electron chi connectivity index (χ3n) is 7.90. The summed E-state index contributed by atoms with van der Waals surface area (Å²) in [6.07, 6.45) is 9.71. The molecule has 3 aromatic heterocycles. The van der Waals surface area contributed by atoms with Gasteiger partial charge in [0.2, 0.25) is 0 Å². The van der Waals surface area contributed by atoms with Crippen molar-refractivity contribution in [1.29, 1.82) is 5.41 Å². The summed E-state index contributed by atoms with van der Waals surface area (Å²) < 4.78 is 0. The lowest BCUT2D eigenvalue weighted by atomic mass is 9.87. The average Bonchev–Trinajstić information content (AvgIpc) is 3.07. The fourth-order valence-electron chi connectivity index (χ4n) is 5.76. The van der Waals surface area contributed by atoms with E-state index >= 15 is 0 Å². The first kappa shape index (κ1) is 24.8. The van der Waals surface area contributed by atoms with Crippen LogP contribution >= 0.6 is 0 Å². The maximum Gasteiger partial charge on any atom is 0.0900 e. The first-order chi connectivity index (χ1) is 21.2. The van der Waals surface area contributed by atoms with Gasteiger partial charge in [-0.25, -0.2) is 15.0 Å². The number of para-hydroxylation sites is 2. The molecule has 0 saturated carbocycles. The van der Waals surface area contributed by atoms with E-state index < -0.39 is 0 Å². The fourth-order valence-corrected chi connectivity index (χ4v) is 5.76. The van der Waals surface area contributed by atoms with Crippen LogP contribution in [-0.2, 0) is 0 Å². The van der Waals surface area contributed by atoms with E-state index in [9.17, 15) is 0 Å². The van der Waals surface area contributed by atoms with Crippen molar-refractivity contribution in [3.63, 3.8) is 0 Å². The van der Waals surface area contributed by atoms with Crippen molar-refractivity contribution >= 4 is 38.8 Å². The second-order valence-electron chi connectivity index (χ2n) is 10.6. The number of pyridine rings is 3. The number of benzene rings is 3. The van der Waals surface area contributed by atoms with Gasteiger partial charge in [-0.05, 0) is 53.6 Å². The Labute approximate surface area is 248 Å². The molecule has 202 valence electrons. The molecule has 0 spiro atoms.